The van der Waals surface area contributed by atoms with Gasteiger partial charge in [-0.3, -0.25) is 0 Å². The molecule has 0 atom stereocenters. The molecule has 0 unspecified atom stereocenters. The van der Waals surface area contributed by atoms with E-state index in [1.807, 2.05) is 0 Å². The van der Waals surface area contributed by atoms with Crippen LogP contribution >= 0.6 is 0 Å². The molecule has 0 aliphatic heterocycles. The van der Waals surface area contributed by atoms with E-state index in [9.17, 15) is 8.78 Å². The Balaban J connectivity index is 2.87. The maximum Gasteiger partial charge on any atom is 0.159 e. The van der Waals surface area contributed by atoms with Crippen LogP contribution in [0.15, 0.2) is 12.3 Å². The zero-order chi connectivity index (χ0) is 7.40. The molecule has 0 saturated heterocycles. The van der Waals surface area contributed by atoms with Crippen LogP contribution < -0.4 is 0 Å². The predicted molar refractivity (Wildman–Crippen MR) is 31.7 cm³/mol. The molecule has 0 saturated carbocycles. The van der Waals surface area contributed by atoms with Crippen molar-refractivity contribution in [2.45, 2.75) is 13.3 Å². The highest BCUT2D eigenvalue weighted by Gasteiger charge is 1.96. The van der Waals surface area contributed by atoms with E-state index < -0.39 is 13.3 Å². The minimum Gasteiger partial charge on any atom is -0.244 e. The molecule has 0 bridgehead atoms. The van der Waals surface area contributed by atoms with Crippen molar-refractivity contribution >= 4 is 0 Å². The molecule has 0 aromatic carbocycles. The summed E-state index contributed by atoms with van der Waals surface area (Å²) >= 11 is 0. The molecular weight excluding hydrogens is 138 g/mol. The number of hydrogen-bond donors (Lipinski definition) is 0. The highest BCUT2D eigenvalue weighted by molar-refractivity contribution is 5.00. The quantitative estimate of drug-likeness (QED) is 0.627. The van der Waals surface area contributed by atoms with Gasteiger partial charge in [0.25, 0.3) is 0 Å². The maximum atomic E-state index is 11.8. The molecule has 1 heterocycles. The number of aromatic nitrogens is 2. The van der Waals surface area contributed by atoms with E-state index in [0.29, 0.717) is 0 Å². The van der Waals surface area contributed by atoms with Gasteiger partial charge in [0, 0.05) is 6.20 Å². The fourth-order valence-electron chi connectivity index (χ4n) is 0.580. The summed E-state index contributed by atoms with van der Waals surface area (Å²) in [6.45, 7) is -1.41. The molecule has 1 aromatic rings. The molecule has 10 heavy (non-hydrogen) atoms. The smallest absolute Gasteiger partial charge is 0.159 e. The number of halogens is 2. The lowest BCUT2D eigenvalue weighted by molar-refractivity contribution is 0.448. The van der Waals surface area contributed by atoms with E-state index in [2.05, 4.69) is 9.97 Å². The predicted octanol–water partition coefficient (Wildman–Crippen LogP) is 1.42. The molecule has 4 heteroatoms. The molecule has 0 amide bonds. The minimum atomic E-state index is -0.742. The van der Waals surface area contributed by atoms with Gasteiger partial charge in [-0.2, -0.15) is 0 Å². The fraction of sp³-hybridized carbons (Fsp3) is 0.333. The largest absolute Gasteiger partial charge is 0.244 e. The summed E-state index contributed by atoms with van der Waals surface area (Å²) in [6.07, 6.45) is 1.34. The normalized spacial score (nSPS) is 9.80. The van der Waals surface area contributed by atoms with Gasteiger partial charge in [0.05, 0.1) is 5.69 Å². The van der Waals surface area contributed by atoms with Crippen molar-refractivity contribution in [2.75, 3.05) is 0 Å². The zero-order valence-corrected chi connectivity index (χ0v) is 5.22. The second kappa shape index (κ2) is 3.20. The monoisotopic (exact) mass is 144 g/mol. The van der Waals surface area contributed by atoms with Gasteiger partial charge in [-0.15, -0.1) is 0 Å². The van der Waals surface area contributed by atoms with Crippen LogP contribution in [-0.4, -0.2) is 9.97 Å². The molecule has 54 valence electrons. The van der Waals surface area contributed by atoms with Gasteiger partial charge in [-0.05, 0) is 6.07 Å². The van der Waals surface area contributed by atoms with Gasteiger partial charge in [0.15, 0.2) is 5.82 Å². The average Bonchev–Trinajstić information content (AvgIpc) is 2.05. The summed E-state index contributed by atoms with van der Waals surface area (Å²) in [5, 5.41) is 0. The van der Waals surface area contributed by atoms with E-state index in [4.69, 9.17) is 0 Å². The Kier molecular flexibility index (Phi) is 2.25. The van der Waals surface area contributed by atoms with Gasteiger partial charge in [-0.25, -0.2) is 18.7 Å². The number of hydrogen-bond acceptors (Lipinski definition) is 2. The summed E-state index contributed by atoms with van der Waals surface area (Å²) < 4.78 is 23.6. The van der Waals surface area contributed by atoms with Gasteiger partial charge < -0.3 is 0 Å². The molecular formula is C6H6F2N2. The van der Waals surface area contributed by atoms with Crippen LogP contribution in [0.3, 0.4) is 0 Å². The first-order chi connectivity index (χ1) is 4.86. The molecule has 0 spiro atoms. The van der Waals surface area contributed by atoms with Crippen LogP contribution in [-0.2, 0) is 13.3 Å². The molecule has 0 fully saturated rings. The second-order valence-electron chi connectivity index (χ2n) is 1.73. The minimum absolute atomic E-state index is 0.0372. The van der Waals surface area contributed by atoms with Crippen molar-refractivity contribution in [3.8, 4) is 0 Å². The Morgan fingerprint density at radius 3 is 2.70 bits per heavy atom. The Morgan fingerprint density at radius 1 is 1.30 bits per heavy atom. The van der Waals surface area contributed by atoms with E-state index in [-0.39, 0.29) is 11.5 Å². The van der Waals surface area contributed by atoms with Crippen molar-refractivity contribution in [1.82, 2.24) is 9.97 Å². The second-order valence-corrected chi connectivity index (χ2v) is 1.73. The summed E-state index contributed by atoms with van der Waals surface area (Å²) in [5.41, 5.74) is 0.225. The van der Waals surface area contributed by atoms with Gasteiger partial charge >= 0.3 is 0 Å². The summed E-state index contributed by atoms with van der Waals surface area (Å²) in [5.74, 6) is 0.0372. The summed E-state index contributed by atoms with van der Waals surface area (Å²) in [4.78, 5) is 7.10. The molecule has 0 N–H and O–H groups in total. The van der Waals surface area contributed by atoms with Crippen molar-refractivity contribution in [1.29, 1.82) is 0 Å². The lowest BCUT2D eigenvalue weighted by atomic mass is 10.4. The Bertz CT molecular complexity index is 195. The highest BCUT2D eigenvalue weighted by Crippen LogP contribution is 1.97. The Hall–Kier alpha value is -1.06. The first-order valence-corrected chi connectivity index (χ1v) is 2.79. The van der Waals surface area contributed by atoms with Crippen LogP contribution in [0.1, 0.15) is 11.5 Å². The third-order valence-electron chi connectivity index (χ3n) is 1.02. The first kappa shape index (κ1) is 7.05. The topological polar surface area (TPSA) is 25.8 Å². The van der Waals surface area contributed by atoms with Gasteiger partial charge in [-0.1, -0.05) is 0 Å². The maximum absolute atomic E-state index is 11.8. The Morgan fingerprint density at radius 2 is 2.10 bits per heavy atom. The van der Waals surface area contributed by atoms with Crippen LogP contribution in [0.4, 0.5) is 8.78 Å². The van der Waals surface area contributed by atoms with Crippen LogP contribution in [0.5, 0.6) is 0 Å². The third-order valence-corrected chi connectivity index (χ3v) is 1.02. The SMILES string of the molecule is FCc1ccnc(CF)n1. The van der Waals surface area contributed by atoms with E-state index in [1.54, 1.807) is 0 Å². The molecule has 1 rings (SSSR count). The Labute approximate surface area is 56.9 Å². The lowest BCUT2D eigenvalue weighted by Crippen LogP contribution is -1.94. The van der Waals surface area contributed by atoms with Crippen molar-refractivity contribution in [2.24, 2.45) is 0 Å². The van der Waals surface area contributed by atoms with Gasteiger partial charge in [0.1, 0.15) is 13.3 Å². The number of alkyl halides is 2. The molecule has 1 aromatic heterocycles. The lowest BCUT2D eigenvalue weighted by Gasteiger charge is -1.93. The number of nitrogens with zero attached hydrogens (tertiary/aromatic N) is 2. The van der Waals surface area contributed by atoms with Crippen LogP contribution in [0.2, 0.25) is 0 Å². The van der Waals surface area contributed by atoms with Crippen LogP contribution in [0, 0.1) is 0 Å². The van der Waals surface area contributed by atoms with Crippen molar-refractivity contribution in [3.05, 3.63) is 23.8 Å². The zero-order valence-electron chi connectivity index (χ0n) is 5.22. The van der Waals surface area contributed by atoms with Crippen LogP contribution in [0.25, 0.3) is 0 Å². The van der Waals surface area contributed by atoms with Crippen molar-refractivity contribution < 1.29 is 8.78 Å². The van der Waals surface area contributed by atoms with E-state index in [0.717, 1.165) is 0 Å². The average molecular weight is 144 g/mol. The van der Waals surface area contributed by atoms with Gasteiger partial charge in [0.2, 0.25) is 0 Å². The third kappa shape index (κ3) is 1.46. The summed E-state index contributed by atoms with van der Waals surface area (Å²) in [7, 11) is 0. The highest BCUT2D eigenvalue weighted by atomic mass is 19.1. The van der Waals surface area contributed by atoms with Crippen molar-refractivity contribution in [3.63, 3.8) is 0 Å². The molecule has 0 aliphatic rings. The number of rotatable bonds is 2. The molecule has 0 radical (unpaired) electrons. The molecule has 2 nitrogen and oxygen atoms in total. The fourth-order valence-corrected chi connectivity index (χ4v) is 0.580. The van der Waals surface area contributed by atoms with E-state index >= 15 is 0 Å². The van der Waals surface area contributed by atoms with E-state index in [1.165, 1.54) is 12.3 Å². The first-order valence-electron chi connectivity index (χ1n) is 2.79. The molecule has 0 aliphatic carbocycles. The summed E-state index contributed by atoms with van der Waals surface area (Å²) in [6, 6.07) is 1.42. The standard InChI is InChI=1S/C6H6F2N2/c7-3-5-1-2-9-6(4-8)10-5/h1-2H,3-4H2.